The molecule has 3 aliphatic rings. The summed E-state index contributed by atoms with van der Waals surface area (Å²) < 4.78 is 39.0. The summed E-state index contributed by atoms with van der Waals surface area (Å²) in [6, 6.07) is 0. The van der Waals surface area contributed by atoms with Gasteiger partial charge >= 0.3 is 5.97 Å². The fourth-order valence-electron chi connectivity index (χ4n) is 5.90. The summed E-state index contributed by atoms with van der Waals surface area (Å²) in [6.45, 7) is 7.94. The highest BCUT2D eigenvalue weighted by Gasteiger charge is 2.58. The SMILES string of the molecule is C=C1CC[C@H]2[C@](C)(CO)[C@H](O)CC[C@@]2(C)[C@H]1C[C@H](C1=CCOC1=O)S(=O)(=O)O. The van der Waals surface area contributed by atoms with Crippen molar-refractivity contribution in [3.63, 3.8) is 0 Å². The molecule has 0 aromatic rings. The van der Waals surface area contributed by atoms with Crippen LogP contribution < -0.4 is 0 Å². The van der Waals surface area contributed by atoms with Crippen molar-refractivity contribution < 1.29 is 32.7 Å². The van der Waals surface area contributed by atoms with E-state index in [9.17, 15) is 28.0 Å². The van der Waals surface area contributed by atoms with E-state index in [-0.39, 0.29) is 37.0 Å². The van der Waals surface area contributed by atoms with Crippen molar-refractivity contribution in [1.29, 1.82) is 0 Å². The number of aliphatic hydroxyl groups is 2. The first-order chi connectivity index (χ1) is 12.9. The summed E-state index contributed by atoms with van der Waals surface area (Å²) in [5.41, 5.74) is -0.235. The van der Waals surface area contributed by atoms with Gasteiger partial charge in [-0.25, -0.2) is 4.79 Å². The van der Waals surface area contributed by atoms with Gasteiger partial charge < -0.3 is 14.9 Å². The number of carbonyl (C=O) groups excluding carboxylic acids is 1. The Bertz CT molecular complexity index is 801. The van der Waals surface area contributed by atoms with Crippen LogP contribution in [0.4, 0.5) is 0 Å². The number of carbonyl (C=O) groups is 1. The Kier molecular flexibility index (Phi) is 5.55. The van der Waals surface area contributed by atoms with E-state index in [4.69, 9.17) is 4.74 Å². The topological polar surface area (TPSA) is 121 Å². The molecule has 0 spiro atoms. The van der Waals surface area contributed by atoms with Crippen molar-refractivity contribution in [3.05, 3.63) is 23.8 Å². The Hall–Kier alpha value is -1.22. The number of esters is 1. The number of cyclic esters (lactones) is 1. The van der Waals surface area contributed by atoms with E-state index in [1.54, 1.807) is 0 Å². The molecule has 6 atom stereocenters. The maximum atomic E-state index is 12.1. The third kappa shape index (κ3) is 3.34. The van der Waals surface area contributed by atoms with Crippen molar-refractivity contribution in [3.8, 4) is 0 Å². The Labute approximate surface area is 166 Å². The van der Waals surface area contributed by atoms with Crippen LogP contribution in [0.2, 0.25) is 0 Å². The molecule has 0 radical (unpaired) electrons. The Balaban J connectivity index is 1.99. The quantitative estimate of drug-likeness (QED) is 0.357. The van der Waals surface area contributed by atoms with Crippen LogP contribution in [0.3, 0.4) is 0 Å². The standard InChI is InChI=1S/C20H30O7S/c1-12-4-5-16-19(2,8-6-17(22)20(16,3)11-21)14(12)10-15(28(24,25)26)13-7-9-27-18(13)23/h7,14-17,21-22H,1,4-6,8-11H2,2-3H3,(H,24,25,26)/t14-,15+,16+,17+,19-,20-/m0/s1. The lowest BCUT2D eigenvalue weighted by atomic mass is 9.46. The van der Waals surface area contributed by atoms with Crippen LogP contribution in [0.15, 0.2) is 23.8 Å². The van der Waals surface area contributed by atoms with Crippen LogP contribution in [-0.2, 0) is 19.6 Å². The number of fused-ring (bicyclic) bond motifs is 1. The van der Waals surface area contributed by atoms with Crippen molar-refractivity contribution in [2.75, 3.05) is 13.2 Å². The van der Waals surface area contributed by atoms with Crippen LogP contribution >= 0.6 is 0 Å². The summed E-state index contributed by atoms with van der Waals surface area (Å²) in [5.74, 6) is -1.02. The van der Waals surface area contributed by atoms with Gasteiger partial charge in [-0.2, -0.15) is 8.42 Å². The van der Waals surface area contributed by atoms with Crippen LogP contribution in [0.1, 0.15) is 46.0 Å². The number of hydrogen-bond donors (Lipinski definition) is 3. The molecule has 2 fully saturated rings. The second-order valence-electron chi connectivity index (χ2n) is 9.02. The molecule has 1 heterocycles. The summed E-state index contributed by atoms with van der Waals surface area (Å²) in [6.07, 6.45) is 3.36. The number of aliphatic hydroxyl groups excluding tert-OH is 2. The van der Waals surface area contributed by atoms with Gasteiger partial charge in [0.25, 0.3) is 10.1 Å². The summed E-state index contributed by atoms with van der Waals surface area (Å²) >= 11 is 0. The van der Waals surface area contributed by atoms with Crippen LogP contribution in [0, 0.1) is 22.7 Å². The van der Waals surface area contributed by atoms with Gasteiger partial charge in [-0.1, -0.05) is 26.0 Å². The van der Waals surface area contributed by atoms with Gasteiger partial charge in [-0.05, 0) is 55.4 Å². The van der Waals surface area contributed by atoms with Crippen molar-refractivity contribution in [2.24, 2.45) is 22.7 Å². The first kappa shape index (κ1) is 21.5. The highest BCUT2D eigenvalue weighted by molar-refractivity contribution is 7.86. The second-order valence-corrected chi connectivity index (χ2v) is 10.6. The first-order valence-corrected chi connectivity index (χ1v) is 11.3. The highest BCUT2D eigenvalue weighted by atomic mass is 32.2. The predicted octanol–water partition coefficient (Wildman–Crippen LogP) is 1.86. The fraction of sp³-hybridized carbons (Fsp3) is 0.750. The molecule has 0 amide bonds. The van der Waals surface area contributed by atoms with Gasteiger partial charge in [0, 0.05) is 5.41 Å². The lowest BCUT2D eigenvalue weighted by molar-refractivity contribution is -0.152. The van der Waals surface area contributed by atoms with Crippen LogP contribution in [0.25, 0.3) is 0 Å². The molecule has 0 aromatic carbocycles. The molecule has 28 heavy (non-hydrogen) atoms. The molecule has 158 valence electrons. The molecule has 0 aromatic heterocycles. The largest absolute Gasteiger partial charge is 0.458 e. The van der Waals surface area contributed by atoms with Gasteiger partial charge in [-0.15, -0.1) is 0 Å². The average Bonchev–Trinajstić information content (AvgIpc) is 3.02. The second kappa shape index (κ2) is 7.23. The molecule has 1 aliphatic heterocycles. The lowest BCUT2D eigenvalue weighted by Gasteiger charge is -2.60. The molecule has 2 aliphatic carbocycles. The Morgan fingerprint density at radius 2 is 2.04 bits per heavy atom. The molecule has 3 N–H and O–H groups in total. The van der Waals surface area contributed by atoms with Gasteiger partial charge in [0.1, 0.15) is 11.9 Å². The minimum Gasteiger partial charge on any atom is -0.458 e. The first-order valence-electron chi connectivity index (χ1n) is 9.75. The predicted molar refractivity (Wildman–Crippen MR) is 103 cm³/mol. The lowest BCUT2D eigenvalue weighted by Crippen LogP contribution is -2.57. The van der Waals surface area contributed by atoms with Gasteiger partial charge in [0.05, 0.1) is 18.3 Å². The smallest absolute Gasteiger partial charge is 0.335 e. The monoisotopic (exact) mass is 414 g/mol. The highest BCUT2D eigenvalue weighted by Crippen LogP contribution is 2.62. The van der Waals surface area contributed by atoms with E-state index < -0.39 is 38.3 Å². The van der Waals surface area contributed by atoms with E-state index in [2.05, 4.69) is 13.5 Å². The molecule has 0 unspecified atom stereocenters. The number of ether oxygens (including phenoxy) is 1. The van der Waals surface area contributed by atoms with Crippen LogP contribution in [0.5, 0.6) is 0 Å². The zero-order valence-corrected chi connectivity index (χ0v) is 17.2. The molecule has 3 rings (SSSR count). The Morgan fingerprint density at radius 1 is 1.36 bits per heavy atom. The minimum atomic E-state index is -4.52. The van der Waals surface area contributed by atoms with E-state index in [0.717, 1.165) is 12.0 Å². The molecule has 2 saturated carbocycles. The summed E-state index contributed by atoms with van der Waals surface area (Å²) in [7, 11) is -4.52. The maximum absolute atomic E-state index is 12.1. The van der Waals surface area contributed by atoms with Crippen molar-refractivity contribution in [2.45, 2.75) is 57.3 Å². The molecule has 0 bridgehead atoms. The third-order valence-electron chi connectivity index (χ3n) is 7.60. The molecule has 0 saturated heterocycles. The Morgan fingerprint density at radius 3 is 2.57 bits per heavy atom. The minimum absolute atomic E-state index is 0.000465. The molecule has 7 nitrogen and oxygen atoms in total. The van der Waals surface area contributed by atoms with E-state index in [0.29, 0.717) is 19.3 Å². The van der Waals surface area contributed by atoms with Gasteiger partial charge in [0.2, 0.25) is 0 Å². The number of rotatable bonds is 5. The summed E-state index contributed by atoms with van der Waals surface area (Å²) in [4.78, 5) is 12.0. The van der Waals surface area contributed by atoms with Gasteiger partial charge in [-0.3, -0.25) is 4.55 Å². The van der Waals surface area contributed by atoms with Crippen LogP contribution in [-0.4, -0.2) is 53.7 Å². The molecule has 8 heteroatoms. The van der Waals surface area contributed by atoms with Crippen molar-refractivity contribution in [1.82, 2.24) is 0 Å². The van der Waals surface area contributed by atoms with E-state index in [1.807, 2.05) is 6.92 Å². The number of allylic oxidation sites excluding steroid dienone is 1. The molecular weight excluding hydrogens is 384 g/mol. The van der Waals surface area contributed by atoms with Gasteiger partial charge in [0.15, 0.2) is 0 Å². The average molecular weight is 415 g/mol. The maximum Gasteiger partial charge on any atom is 0.335 e. The fourth-order valence-corrected chi connectivity index (χ4v) is 6.84. The van der Waals surface area contributed by atoms with Crippen molar-refractivity contribution >= 4 is 16.1 Å². The summed E-state index contributed by atoms with van der Waals surface area (Å²) in [5, 5.41) is 19.3. The normalized spacial score (nSPS) is 39.9. The molecular formula is C20H30O7S. The number of hydrogen-bond acceptors (Lipinski definition) is 6. The van der Waals surface area contributed by atoms with E-state index in [1.165, 1.54) is 6.08 Å². The zero-order chi connectivity index (χ0) is 20.9. The zero-order valence-electron chi connectivity index (χ0n) is 16.4. The third-order valence-corrected chi connectivity index (χ3v) is 8.77. The van der Waals surface area contributed by atoms with E-state index >= 15 is 0 Å².